The van der Waals surface area contributed by atoms with E-state index in [0.29, 0.717) is 0 Å². The molecule has 0 saturated carbocycles. The zero-order valence-electron chi connectivity index (χ0n) is 14.1. The van der Waals surface area contributed by atoms with E-state index in [1.165, 1.54) is 11.1 Å². The van der Waals surface area contributed by atoms with Gasteiger partial charge < -0.3 is 0 Å². The molecule has 0 aliphatic heterocycles. The maximum absolute atomic E-state index is 5.99. The summed E-state index contributed by atoms with van der Waals surface area (Å²) in [4.78, 5) is 8.87. The lowest BCUT2D eigenvalue weighted by Gasteiger charge is -2.12. The average molecular weight is 357 g/mol. The molecular weight excluding hydrogens is 340 g/mol. The monoisotopic (exact) mass is 356 g/mol. The van der Waals surface area contributed by atoms with E-state index in [0.717, 1.165) is 34.0 Å². The fourth-order valence-electron chi connectivity index (χ4n) is 3.03. The van der Waals surface area contributed by atoms with Crippen LogP contribution in [0.1, 0.15) is 11.1 Å². The van der Waals surface area contributed by atoms with Gasteiger partial charge in [0, 0.05) is 23.0 Å². The molecular formula is C23H17ClN2. The molecule has 0 aliphatic rings. The third-order valence-electron chi connectivity index (χ3n) is 4.30. The normalized spacial score (nSPS) is 10.7. The molecule has 1 heterocycles. The van der Waals surface area contributed by atoms with Gasteiger partial charge in [-0.2, -0.15) is 0 Å². The van der Waals surface area contributed by atoms with Gasteiger partial charge in [0.15, 0.2) is 5.82 Å². The minimum absolute atomic E-state index is 0.740. The summed E-state index contributed by atoms with van der Waals surface area (Å²) in [5.41, 5.74) is 5.82. The molecule has 26 heavy (non-hydrogen) atoms. The second-order valence-corrected chi connectivity index (χ2v) is 6.56. The highest BCUT2D eigenvalue weighted by Gasteiger charge is 2.11. The molecule has 1 aromatic heterocycles. The Hall–Kier alpha value is -2.97. The number of benzene rings is 3. The van der Waals surface area contributed by atoms with Gasteiger partial charge in [-0.1, -0.05) is 72.3 Å². The van der Waals surface area contributed by atoms with Gasteiger partial charge in [-0.25, -0.2) is 9.97 Å². The Bertz CT molecular complexity index is 997. The molecule has 126 valence electrons. The van der Waals surface area contributed by atoms with Crippen LogP contribution < -0.4 is 0 Å². The van der Waals surface area contributed by atoms with Gasteiger partial charge in [-0.15, -0.1) is 0 Å². The molecule has 0 amide bonds. The third-order valence-corrected chi connectivity index (χ3v) is 4.55. The van der Waals surface area contributed by atoms with Crippen LogP contribution in [0.5, 0.6) is 0 Å². The summed E-state index contributed by atoms with van der Waals surface area (Å²) in [7, 11) is 0. The van der Waals surface area contributed by atoms with Gasteiger partial charge in [0.1, 0.15) is 0 Å². The Morgan fingerprint density at radius 2 is 1.35 bits per heavy atom. The molecule has 0 N–H and O–H groups in total. The van der Waals surface area contributed by atoms with Crippen LogP contribution in [0.25, 0.3) is 22.5 Å². The van der Waals surface area contributed by atoms with Gasteiger partial charge in [0.2, 0.25) is 0 Å². The predicted molar refractivity (Wildman–Crippen MR) is 107 cm³/mol. The summed E-state index contributed by atoms with van der Waals surface area (Å²) in [6.45, 7) is 0. The number of hydrogen-bond donors (Lipinski definition) is 0. The predicted octanol–water partition coefficient (Wildman–Crippen LogP) is 6.05. The van der Waals surface area contributed by atoms with Gasteiger partial charge in [-0.05, 0) is 46.9 Å². The van der Waals surface area contributed by atoms with E-state index in [4.69, 9.17) is 11.6 Å². The maximum Gasteiger partial charge on any atom is 0.159 e. The number of aromatic nitrogens is 2. The highest BCUT2D eigenvalue weighted by Crippen LogP contribution is 2.31. The molecule has 4 aromatic rings. The zero-order valence-corrected chi connectivity index (χ0v) is 14.9. The van der Waals surface area contributed by atoms with Crippen LogP contribution in [-0.2, 0) is 6.42 Å². The van der Waals surface area contributed by atoms with Crippen molar-refractivity contribution in [2.75, 3.05) is 0 Å². The molecule has 3 aromatic carbocycles. The quantitative estimate of drug-likeness (QED) is 0.444. The molecule has 0 saturated heterocycles. The lowest BCUT2D eigenvalue weighted by molar-refractivity contribution is 1.16. The van der Waals surface area contributed by atoms with Crippen LogP contribution >= 0.6 is 11.6 Å². The molecule has 0 atom stereocenters. The molecule has 0 spiro atoms. The van der Waals surface area contributed by atoms with Crippen molar-refractivity contribution in [1.82, 2.24) is 9.97 Å². The highest BCUT2D eigenvalue weighted by molar-refractivity contribution is 6.30. The maximum atomic E-state index is 5.99. The van der Waals surface area contributed by atoms with Crippen LogP contribution in [0.4, 0.5) is 0 Å². The molecule has 0 unspecified atom stereocenters. The molecule has 0 aliphatic carbocycles. The zero-order chi connectivity index (χ0) is 17.8. The van der Waals surface area contributed by atoms with Gasteiger partial charge in [0.25, 0.3) is 0 Å². The fraction of sp³-hybridized carbons (Fsp3) is 0.0435. The number of nitrogens with zero attached hydrogens (tertiary/aromatic N) is 2. The van der Waals surface area contributed by atoms with Gasteiger partial charge in [-0.3, -0.25) is 0 Å². The number of hydrogen-bond acceptors (Lipinski definition) is 2. The summed E-state index contributed by atoms with van der Waals surface area (Å²) < 4.78 is 0. The summed E-state index contributed by atoms with van der Waals surface area (Å²) in [6, 6.07) is 26.7. The van der Waals surface area contributed by atoms with Crippen LogP contribution in [0, 0.1) is 0 Å². The number of halogens is 1. The minimum Gasteiger partial charge on any atom is -0.237 e. The average Bonchev–Trinajstić information content (AvgIpc) is 2.71. The molecule has 0 bridgehead atoms. The first-order valence-electron chi connectivity index (χ1n) is 8.50. The lowest BCUT2D eigenvalue weighted by Crippen LogP contribution is -1.94. The second kappa shape index (κ2) is 7.51. The van der Waals surface area contributed by atoms with Crippen molar-refractivity contribution >= 4 is 11.6 Å². The van der Waals surface area contributed by atoms with Crippen molar-refractivity contribution in [3.63, 3.8) is 0 Å². The smallest absolute Gasteiger partial charge is 0.159 e. The van der Waals surface area contributed by atoms with Gasteiger partial charge in [0.05, 0.1) is 0 Å². The Labute approximate surface area is 158 Å². The van der Waals surface area contributed by atoms with Crippen molar-refractivity contribution in [3.8, 4) is 22.5 Å². The van der Waals surface area contributed by atoms with Crippen LogP contribution in [0.2, 0.25) is 5.02 Å². The molecule has 3 heteroatoms. The largest absolute Gasteiger partial charge is 0.237 e. The first-order valence-corrected chi connectivity index (χ1v) is 8.87. The first-order chi connectivity index (χ1) is 12.8. The van der Waals surface area contributed by atoms with Crippen molar-refractivity contribution < 1.29 is 0 Å². The van der Waals surface area contributed by atoms with E-state index in [9.17, 15) is 0 Å². The van der Waals surface area contributed by atoms with Crippen molar-refractivity contribution in [1.29, 1.82) is 0 Å². The van der Waals surface area contributed by atoms with Gasteiger partial charge >= 0.3 is 0 Å². The van der Waals surface area contributed by atoms with Crippen molar-refractivity contribution in [3.05, 3.63) is 107 Å². The molecule has 0 fully saturated rings. The summed E-state index contributed by atoms with van der Waals surface area (Å²) in [6.07, 6.45) is 4.41. The Morgan fingerprint density at radius 1 is 0.654 bits per heavy atom. The third kappa shape index (κ3) is 3.66. The SMILES string of the molecule is Clc1ccc(Cc2ccc(-c3ncccn3)c(-c3ccccc3)c2)cc1. The van der Waals surface area contributed by atoms with Crippen LogP contribution in [0.3, 0.4) is 0 Å². The van der Waals surface area contributed by atoms with Crippen molar-refractivity contribution in [2.24, 2.45) is 0 Å². The molecule has 0 radical (unpaired) electrons. The molecule has 4 rings (SSSR count). The van der Waals surface area contributed by atoms with E-state index in [-0.39, 0.29) is 0 Å². The van der Waals surface area contributed by atoms with E-state index < -0.39 is 0 Å². The second-order valence-electron chi connectivity index (χ2n) is 6.12. The fourth-order valence-corrected chi connectivity index (χ4v) is 3.16. The number of rotatable bonds is 4. The van der Waals surface area contributed by atoms with Crippen LogP contribution in [0.15, 0.2) is 91.3 Å². The van der Waals surface area contributed by atoms with E-state index in [1.807, 2.05) is 24.3 Å². The van der Waals surface area contributed by atoms with Crippen molar-refractivity contribution in [2.45, 2.75) is 6.42 Å². The van der Waals surface area contributed by atoms with E-state index >= 15 is 0 Å². The Balaban J connectivity index is 1.78. The highest BCUT2D eigenvalue weighted by atomic mass is 35.5. The molecule has 2 nitrogen and oxygen atoms in total. The summed E-state index contributed by atoms with van der Waals surface area (Å²) in [5, 5.41) is 0.760. The minimum atomic E-state index is 0.740. The Kier molecular flexibility index (Phi) is 4.76. The first kappa shape index (κ1) is 16.5. The topological polar surface area (TPSA) is 25.8 Å². The van der Waals surface area contributed by atoms with E-state index in [2.05, 4.69) is 64.6 Å². The standard InChI is InChI=1S/C23H17ClN2/c24-20-10-7-17(8-11-20)15-18-9-12-21(23-25-13-4-14-26-23)22(16-18)19-5-2-1-3-6-19/h1-14,16H,15H2. The van der Waals surface area contributed by atoms with Crippen LogP contribution in [-0.4, -0.2) is 9.97 Å². The summed E-state index contributed by atoms with van der Waals surface area (Å²) in [5.74, 6) is 0.740. The lowest BCUT2D eigenvalue weighted by atomic mass is 9.94. The summed E-state index contributed by atoms with van der Waals surface area (Å²) >= 11 is 5.99. The Morgan fingerprint density at radius 3 is 2.08 bits per heavy atom. The van der Waals surface area contributed by atoms with E-state index in [1.54, 1.807) is 12.4 Å².